The number of rotatable bonds is 12. The van der Waals surface area contributed by atoms with Crippen molar-refractivity contribution in [3.05, 3.63) is 46.2 Å². The van der Waals surface area contributed by atoms with Crippen LogP contribution < -0.4 is 9.47 Å². The number of ether oxygens (including phenoxy) is 2. The van der Waals surface area contributed by atoms with Crippen molar-refractivity contribution in [2.24, 2.45) is 5.92 Å². The van der Waals surface area contributed by atoms with Gasteiger partial charge < -0.3 is 14.6 Å². The molecule has 0 radical (unpaired) electrons. The number of benzene rings is 2. The first-order valence-corrected chi connectivity index (χ1v) is 13.3. The van der Waals surface area contributed by atoms with E-state index in [1.807, 2.05) is 18.2 Å². The molecule has 0 aromatic heterocycles. The second-order valence-electron chi connectivity index (χ2n) is 9.22. The topological polar surface area (TPSA) is 38.7 Å². The van der Waals surface area contributed by atoms with Crippen LogP contribution in [0, 0.1) is 11.7 Å². The summed E-state index contributed by atoms with van der Waals surface area (Å²) in [4.78, 5) is 0. The number of unbranched alkanes of at least 4 members (excludes halogenated alkanes) is 3. The Morgan fingerprint density at radius 3 is 2.48 bits per heavy atom. The monoisotopic (exact) mass is 520 g/mol. The van der Waals surface area contributed by atoms with Crippen LogP contribution >= 0.6 is 15.9 Å². The lowest BCUT2D eigenvalue weighted by molar-refractivity contribution is 0.247. The molecule has 0 unspecified atom stereocenters. The lowest BCUT2D eigenvalue weighted by Gasteiger charge is -2.29. The van der Waals surface area contributed by atoms with Gasteiger partial charge in [0, 0.05) is 12.2 Å². The summed E-state index contributed by atoms with van der Waals surface area (Å²) >= 11 is 3.56. The molecular formula is C28H38BrFO3. The summed E-state index contributed by atoms with van der Waals surface area (Å²) in [5.41, 5.74) is 2.45. The predicted octanol–water partition coefficient (Wildman–Crippen LogP) is 8.27. The maximum atomic E-state index is 15.2. The average Bonchev–Trinajstić information content (AvgIpc) is 2.83. The highest BCUT2D eigenvalue weighted by Crippen LogP contribution is 2.42. The summed E-state index contributed by atoms with van der Waals surface area (Å²) in [6.07, 6.45) is 11.6. The van der Waals surface area contributed by atoms with Gasteiger partial charge in [-0.2, -0.15) is 0 Å². The molecule has 0 bridgehead atoms. The molecular weight excluding hydrogens is 483 g/mol. The Bertz CT molecular complexity index is 878. The van der Waals surface area contributed by atoms with Gasteiger partial charge in [-0.05, 0) is 95.6 Å². The summed E-state index contributed by atoms with van der Waals surface area (Å²) in [6, 6.07) is 9.44. The van der Waals surface area contributed by atoms with E-state index in [1.54, 1.807) is 13.2 Å². The van der Waals surface area contributed by atoms with Crippen molar-refractivity contribution < 1.29 is 19.0 Å². The van der Waals surface area contributed by atoms with Crippen molar-refractivity contribution in [3.63, 3.8) is 0 Å². The molecule has 2 aromatic carbocycles. The average molecular weight is 522 g/mol. The second-order valence-corrected chi connectivity index (χ2v) is 10.1. The van der Waals surface area contributed by atoms with E-state index >= 15 is 4.39 Å². The minimum atomic E-state index is -0.192. The van der Waals surface area contributed by atoms with Crippen molar-refractivity contribution in [3.8, 4) is 22.6 Å². The predicted molar refractivity (Wildman–Crippen MR) is 137 cm³/mol. The highest BCUT2D eigenvalue weighted by molar-refractivity contribution is 9.10. The zero-order chi connectivity index (χ0) is 23.6. The van der Waals surface area contributed by atoms with Crippen molar-refractivity contribution in [2.45, 2.75) is 77.0 Å². The zero-order valence-corrected chi connectivity index (χ0v) is 21.6. The highest BCUT2D eigenvalue weighted by atomic mass is 79.9. The fourth-order valence-corrected chi connectivity index (χ4v) is 5.45. The van der Waals surface area contributed by atoms with E-state index in [4.69, 9.17) is 14.6 Å². The van der Waals surface area contributed by atoms with E-state index in [0.29, 0.717) is 36.0 Å². The maximum absolute atomic E-state index is 15.2. The lowest BCUT2D eigenvalue weighted by Crippen LogP contribution is -2.13. The van der Waals surface area contributed by atoms with Crippen molar-refractivity contribution in [2.75, 3.05) is 20.3 Å². The molecule has 1 aliphatic carbocycles. The fourth-order valence-electron chi connectivity index (χ4n) is 4.89. The molecule has 0 heterocycles. The Morgan fingerprint density at radius 2 is 1.82 bits per heavy atom. The van der Waals surface area contributed by atoms with Crippen LogP contribution in [0.5, 0.6) is 11.5 Å². The van der Waals surface area contributed by atoms with Gasteiger partial charge in [0.05, 0.1) is 18.2 Å². The number of hydrogen-bond donors (Lipinski definition) is 1. The van der Waals surface area contributed by atoms with Gasteiger partial charge in [-0.25, -0.2) is 4.39 Å². The Hall–Kier alpha value is -1.59. The number of hydrogen-bond acceptors (Lipinski definition) is 3. The molecule has 0 spiro atoms. The first-order valence-electron chi connectivity index (χ1n) is 12.5. The standard InChI is InChI=1S/C28H38BrFO3/c1-3-4-5-8-20-9-11-21(12-10-20)22-13-14-24(26(30)18-22)23-17-25(29)28(27(19-23)32-2)33-16-7-6-15-31/h13-14,17-21,31H,3-12,15-16H2,1-2H3. The van der Waals surface area contributed by atoms with E-state index < -0.39 is 0 Å². The third-order valence-electron chi connectivity index (χ3n) is 6.87. The number of methoxy groups -OCH3 is 1. The van der Waals surface area contributed by atoms with Gasteiger partial charge in [-0.15, -0.1) is 0 Å². The summed E-state index contributed by atoms with van der Waals surface area (Å²) < 4.78 is 27.3. The van der Waals surface area contributed by atoms with Gasteiger partial charge in [0.15, 0.2) is 11.5 Å². The van der Waals surface area contributed by atoms with E-state index in [2.05, 4.69) is 28.9 Å². The SMILES string of the molecule is CCCCCC1CCC(c2ccc(-c3cc(Br)c(OCCCCO)c(OC)c3)c(F)c2)CC1. The third-order valence-corrected chi connectivity index (χ3v) is 7.46. The number of aliphatic hydroxyl groups excluding tert-OH is 1. The molecule has 3 nitrogen and oxygen atoms in total. The van der Waals surface area contributed by atoms with E-state index in [0.717, 1.165) is 40.8 Å². The van der Waals surface area contributed by atoms with Crippen molar-refractivity contribution in [1.82, 2.24) is 0 Å². The first kappa shape index (κ1) is 26.0. The fraction of sp³-hybridized carbons (Fsp3) is 0.571. The molecule has 1 N–H and O–H groups in total. The Kier molecular flexibility index (Phi) is 10.5. The summed E-state index contributed by atoms with van der Waals surface area (Å²) in [6.45, 7) is 2.89. The molecule has 182 valence electrons. The summed E-state index contributed by atoms with van der Waals surface area (Å²) in [5.74, 6) is 2.29. The Morgan fingerprint density at radius 1 is 1.03 bits per heavy atom. The molecule has 1 saturated carbocycles. The van der Waals surface area contributed by atoms with Crippen LogP contribution in [0.1, 0.15) is 82.6 Å². The minimum Gasteiger partial charge on any atom is -0.493 e. The Balaban J connectivity index is 1.69. The summed E-state index contributed by atoms with van der Waals surface area (Å²) in [5, 5.41) is 8.94. The van der Waals surface area contributed by atoms with E-state index in [1.165, 1.54) is 38.5 Å². The van der Waals surface area contributed by atoms with Crippen LogP contribution in [0.4, 0.5) is 4.39 Å². The zero-order valence-electron chi connectivity index (χ0n) is 20.0. The largest absolute Gasteiger partial charge is 0.493 e. The molecule has 0 saturated heterocycles. The number of aliphatic hydroxyl groups is 1. The highest BCUT2D eigenvalue weighted by Gasteiger charge is 2.23. The van der Waals surface area contributed by atoms with Crippen molar-refractivity contribution in [1.29, 1.82) is 0 Å². The molecule has 2 aromatic rings. The smallest absolute Gasteiger partial charge is 0.175 e. The van der Waals surface area contributed by atoms with Crippen LogP contribution in [-0.4, -0.2) is 25.4 Å². The van der Waals surface area contributed by atoms with Crippen LogP contribution in [-0.2, 0) is 0 Å². The molecule has 3 rings (SSSR count). The maximum Gasteiger partial charge on any atom is 0.175 e. The van der Waals surface area contributed by atoms with Gasteiger partial charge >= 0.3 is 0 Å². The van der Waals surface area contributed by atoms with Crippen molar-refractivity contribution >= 4 is 15.9 Å². The van der Waals surface area contributed by atoms with E-state index in [9.17, 15) is 0 Å². The van der Waals surface area contributed by atoms with Gasteiger partial charge in [0.1, 0.15) is 5.82 Å². The van der Waals surface area contributed by atoms with Crippen LogP contribution in [0.15, 0.2) is 34.8 Å². The van der Waals surface area contributed by atoms with Gasteiger partial charge in [0.2, 0.25) is 0 Å². The molecule has 0 atom stereocenters. The molecule has 5 heteroatoms. The Labute approximate surface area is 206 Å². The van der Waals surface area contributed by atoms with Crippen LogP contribution in [0.25, 0.3) is 11.1 Å². The number of halogens is 2. The minimum absolute atomic E-state index is 0.149. The molecule has 1 aliphatic rings. The van der Waals surface area contributed by atoms with Crippen LogP contribution in [0.2, 0.25) is 0 Å². The van der Waals surface area contributed by atoms with Crippen LogP contribution in [0.3, 0.4) is 0 Å². The van der Waals surface area contributed by atoms with Gasteiger partial charge in [-0.3, -0.25) is 0 Å². The normalized spacial score (nSPS) is 18.3. The van der Waals surface area contributed by atoms with E-state index in [-0.39, 0.29) is 12.4 Å². The quantitative estimate of drug-likeness (QED) is 0.286. The van der Waals surface area contributed by atoms with Gasteiger partial charge in [-0.1, -0.05) is 44.7 Å². The van der Waals surface area contributed by atoms with Gasteiger partial charge in [0.25, 0.3) is 0 Å². The molecule has 0 aliphatic heterocycles. The third kappa shape index (κ3) is 7.19. The second kappa shape index (κ2) is 13.3. The molecule has 33 heavy (non-hydrogen) atoms. The molecule has 0 amide bonds. The first-order chi connectivity index (χ1) is 16.1. The summed E-state index contributed by atoms with van der Waals surface area (Å²) in [7, 11) is 1.59. The lowest BCUT2D eigenvalue weighted by atomic mass is 9.77. The molecule has 1 fully saturated rings.